The predicted octanol–water partition coefficient (Wildman–Crippen LogP) is 3.88. The van der Waals surface area contributed by atoms with Crippen LogP contribution >= 0.6 is 0 Å². The van der Waals surface area contributed by atoms with Crippen LogP contribution < -0.4 is 0 Å². The Bertz CT molecular complexity index is 227. The maximum Gasteiger partial charge on any atom is 0.232 e. The second kappa shape index (κ2) is 7.46. The van der Waals surface area contributed by atoms with Gasteiger partial charge in [-0.05, 0) is 40.0 Å². The fourth-order valence-electron chi connectivity index (χ4n) is 3.46. The molecule has 0 spiro atoms. The molecule has 0 aromatic heterocycles. The Morgan fingerprint density at radius 2 is 1.83 bits per heavy atom. The fourth-order valence-corrected chi connectivity index (χ4v) is 3.46. The highest BCUT2D eigenvalue weighted by atomic mass is 16.8. The Morgan fingerprint density at radius 1 is 1.06 bits per heavy atom. The maximum absolute atomic E-state index is 6.28. The van der Waals surface area contributed by atoms with Crippen molar-refractivity contribution in [2.24, 2.45) is 0 Å². The van der Waals surface area contributed by atoms with Crippen LogP contribution in [0.3, 0.4) is 0 Å². The van der Waals surface area contributed by atoms with Crippen molar-refractivity contribution < 1.29 is 14.2 Å². The number of nitrogens with zero attached hydrogens (tertiary/aromatic N) is 1. The van der Waals surface area contributed by atoms with Gasteiger partial charge in [-0.2, -0.15) is 4.65 Å². The molecule has 1 aliphatic rings. The molecular weight excluding hydrogens is 226 g/mol. The van der Waals surface area contributed by atoms with Crippen LogP contribution in [0.25, 0.3) is 0 Å². The first-order chi connectivity index (χ1) is 8.70. The van der Waals surface area contributed by atoms with Gasteiger partial charge in [0.25, 0.3) is 0 Å². The quantitative estimate of drug-likeness (QED) is 0.615. The van der Waals surface area contributed by atoms with E-state index in [2.05, 4.69) is 27.7 Å². The minimum Gasteiger partial charge on any atom is -0.325 e. The maximum atomic E-state index is 6.28. The summed E-state index contributed by atoms with van der Waals surface area (Å²) in [6.45, 7) is 12.4. The summed E-state index contributed by atoms with van der Waals surface area (Å²) in [7, 11) is 0. The van der Waals surface area contributed by atoms with Crippen LogP contribution in [-0.2, 0) is 9.57 Å². The first-order valence-corrected chi connectivity index (χ1v) is 7.86. The number of hydrogen-bond donors (Lipinski definition) is 0. The van der Waals surface area contributed by atoms with Crippen LogP contribution in [0.2, 0.25) is 0 Å². The molecule has 2 atom stereocenters. The van der Waals surface area contributed by atoms with E-state index in [0.29, 0.717) is 0 Å². The van der Waals surface area contributed by atoms with E-state index in [4.69, 9.17) is 9.57 Å². The molecule has 0 aromatic carbocycles. The zero-order valence-electron chi connectivity index (χ0n) is 12.8. The average molecular weight is 258 g/mol. The molecule has 2 unspecified atom stereocenters. The zero-order chi connectivity index (χ0) is 13.5. The van der Waals surface area contributed by atoms with Crippen LogP contribution in [0, 0.1) is 0 Å². The molecule has 0 N–H and O–H groups in total. The van der Waals surface area contributed by atoms with Crippen LogP contribution in [-0.4, -0.2) is 36.7 Å². The third-order valence-electron chi connectivity index (χ3n) is 4.30. The lowest BCUT2D eigenvalue weighted by Gasteiger charge is -2.52. The molecule has 0 aliphatic carbocycles. The van der Waals surface area contributed by atoms with Gasteiger partial charge in [0.05, 0.1) is 6.61 Å². The van der Waals surface area contributed by atoms with Gasteiger partial charge in [-0.25, -0.2) is 4.84 Å². The lowest BCUT2D eigenvalue weighted by molar-refractivity contribution is -1.16. The second-order valence-electron chi connectivity index (χ2n) is 5.29. The summed E-state index contributed by atoms with van der Waals surface area (Å²) in [6, 6.07) is 0. The number of likely N-dealkylation sites (tertiary alicyclic amines) is 1. The number of rotatable bonds is 8. The SMILES string of the molecule is CCCCC1(OCC)CCCC[N+]1(CC)OCC. The number of piperidine rings is 1. The predicted molar refractivity (Wildman–Crippen MR) is 75.0 cm³/mol. The average Bonchev–Trinajstić information content (AvgIpc) is 2.39. The highest BCUT2D eigenvalue weighted by Gasteiger charge is 2.54. The number of hydroxylamine groups is 3. The smallest absolute Gasteiger partial charge is 0.232 e. The highest BCUT2D eigenvalue weighted by molar-refractivity contribution is 4.74. The van der Waals surface area contributed by atoms with Gasteiger partial charge >= 0.3 is 0 Å². The van der Waals surface area contributed by atoms with Gasteiger partial charge in [-0.1, -0.05) is 13.3 Å². The van der Waals surface area contributed by atoms with Gasteiger partial charge in [-0.3, -0.25) is 0 Å². The van der Waals surface area contributed by atoms with E-state index < -0.39 is 0 Å². The summed E-state index contributed by atoms with van der Waals surface area (Å²) in [5.41, 5.74) is -0.0895. The molecule has 3 heteroatoms. The summed E-state index contributed by atoms with van der Waals surface area (Å²) in [5.74, 6) is 0. The molecule has 0 aromatic rings. The van der Waals surface area contributed by atoms with Crippen molar-refractivity contribution in [2.75, 3.05) is 26.3 Å². The highest BCUT2D eigenvalue weighted by Crippen LogP contribution is 2.41. The third-order valence-corrected chi connectivity index (χ3v) is 4.30. The molecular formula is C15H32NO2+. The van der Waals surface area contributed by atoms with E-state index in [1.54, 1.807) is 0 Å². The van der Waals surface area contributed by atoms with Crippen LogP contribution in [0.4, 0.5) is 0 Å². The summed E-state index contributed by atoms with van der Waals surface area (Å²) in [4.78, 5) is 6.20. The van der Waals surface area contributed by atoms with Crippen molar-refractivity contribution in [1.82, 2.24) is 0 Å². The van der Waals surface area contributed by atoms with Crippen molar-refractivity contribution in [3.05, 3.63) is 0 Å². The topological polar surface area (TPSA) is 18.5 Å². The molecule has 3 nitrogen and oxygen atoms in total. The normalized spacial score (nSPS) is 32.7. The molecule has 1 fully saturated rings. The Hall–Kier alpha value is -0.120. The first-order valence-electron chi connectivity index (χ1n) is 7.86. The van der Waals surface area contributed by atoms with Crippen molar-refractivity contribution in [3.63, 3.8) is 0 Å². The monoisotopic (exact) mass is 258 g/mol. The van der Waals surface area contributed by atoms with Gasteiger partial charge in [0.2, 0.25) is 5.72 Å². The molecule has 0 radical (unpaired) electrons. The number of hydrogen-bond acceptors (Lipinski definition) is 2. The van der Waals surface area contributed by atoms with E-state index in [1.807, 2.05) is 0 Å². The van der Waals surface area contributed by atoms with Crippen LogP contribution in [0.5, 0.6) is 0 Å². The summed E-state index contributed by atoms with van der Waals surface area (Å²) in [5, 5.41) is 0. The van der Waals surface area contributed by atoms with Gasteiger partial charge in [-0.15, -0.1) is 0 Å². The van der Waals surface area contributed by atoms with Crippen LogP contribution in [0.1, 0.15) is 66.2 Å². The van der Waals surface area contributed by atoms with Crippen LogP contribution in [0.15, 0.2) is 0 Å². The summed E-state index contributed by atoms with van der Waals surface area (Å²) >= 11 is 0. The van der Waals surface area contributed by atoms with Gasteiger partial charge in [0.15, 0.2) is 0 Å². The standard InChI is InChI=1S/C15H32NO2/c1-5-9-12-15(17-7-3)13-10-11-14-16(15,6-2)18-8-4/h5-14H2,1-4H3/q+1. The minimum absolute atomic E-state index is 0.0895. The Morgan fingerprint density at radius 3 is 2.39 bits per heavy atom. The first kappa shape index (κ1) is 15.9. The van der Waals surface area contributed by atoms with Crippen molar-refractivity contribution >= 4 is 0 Å². The number of ether oxygens (including phenoxy) is 1. The molecule has 18 heavy (non-hydrogen) atoms. The third kappa shape index (κ3) is 3.06. The molecule has 108 valence electrons. The molecule has 1 aliphatic heterocycles. The lowest BCUT2D eigenvalue weighted by atomic mass is 9.92. The lowest BCUT2D eigenvalue weighted by Crippen LogP contribution is -2.67. The molecule has 1 heterocycles. The summed E-state index contributed by atoms with van der Waals surface area (Å²) < 4.78 is 7.00. The second-order valence-corrected chi connectivity index (χ2v) is 5.29. The molecule has 1 saturated heterocycles. The van der Waals surface area contributed by atoms with E-state index in [-0.39, 0.29) is 5.72 Å². The molecule has 1 rings (SSSR count). The minimum atomic E-state index is -0.0895. The van der Waals surface area contributed by atoms with Crippen molar-refractivity contribution in [3.8, 4) is 0 Å². The van der Waals surface area contributed by atoms with Gasteiger partial charge in [0.1, 0.15) is 19.7 Å². The van der Waals surface area contributed by atoms with Gasteiger partial charge in [0, 0.05) is 12.8 Å². The summed E-state index contributed by atoms with van der Waals surface area (Å²) in [6.07, 6.45) is 7.27. The number of quaternary nitrogens is 1. The largest absolute Gasteiger partial charge is 0.325 e. The zero-order valence-corrected chi connectivity index (χ0v) is 12.8. The Kier molecular flexibility index (Phi) is 6.61. The Labute approximate surface area is 113 Å². The van der Waals surface area contributed by atoms with Crippen molar-refractivity contribution in [1.29, 1.82) is 0 Å². The Balaban J connectivity index is 2.97. The van der Waals surface area contributed by atoms with E-state index in [0.717, 1.165) is 43.8 Å². The molecule has 0 saturated carbocycles. The molecule has 0 bridgehead atoms. The number of unbranched alkanes of at least 4 members (excludes halogenated alkanes) is 1. The van der Waals surface area contributed by atoms with Gasteiger partial charge < -0.3 is 4.74 Å². The van der Waals surface area contributed by atoms with E-state index in [1.165, 1.54) is 25.7 Å². The van der Waals surface area contributed by atoms with Crippen molar-refractivity contribution in [2.45, 2.75) is 71.9 Å². The fraction of sp³-hybridized carbons (Fsp3) is 1.00. The molecule has 0 amide bonds. The van der Waals surface area contributed by atoms with E-state index >= 15 is 0 Å². The van der Waals surface area contributed by atoms with E-state index in [9.17, 15) is 0 Å².